The zero-order valence-corrected chi connectivity index (χ0v) is 22.0. The summed E-state index contributed by atoms with van der Waals surface area (Å²) in [4.78, 5) is 15.7. The summed E-state index contributed by atoms with van der Waals surface area (Å²) >= 11 is 1.55. The molecule has 0 spiro atoms. The molecular weight excluding hydrogens is 440 g/mol. The fourth-order valence-corrected chi connectivity index (χ4v) is 3.30. The Morgan fingerprint density at radius 1 is 1.32 bits per heavy atom. The smallest absolute Gasteiger partial charge is 0.126 e. The first-order chi connectivity index (χ1) is 16.3. The van der Waals surface area contributed by atoms with E-state index < -0.39 is 0 Å². The van der Waals surface area contributed by atoms with Crippen LogP contribution in [0.4, 0.5) is 5.82 Å². The van der Waals surface area contributed by atoms with Gasteiger partial charge in [0.2, 0.25) is 0 Å². The molecule has 1 aromatic rings. The third-order valence-electron chi connectivity index (χ3n) is 4.65. The van der Waals surface area contributed by atoms with Gasteiger partial charge in [-0.05, 0) is 62.4 Å². The molecule has 0 bridgehead atoms. The molecule has 0 aliphatic carbocycles. The minimum Gasteiger partial charge on any atom is -0.373 e. The fourth-order valence-electron chi connectivity index (χ4n) is 2.58. The van der Waals surface area contributed by atoms with Crippen molar-refractivity contribution in [3.05, 3.63) is 89.8 Å². The zero-order valence-electron chi connectivity index (χ0n) is 21.1. The van der Waals surface area contributed by atoms with Gasteiger partial charge in [-0.1, -0.05) is 55.8 Å². The normalized spacial score (nSPS) is 14.8. The van der Waals surface area contributed by atoms with Crippen molar-refractivity contribution in [2.45, 2.75) is 13.3 Å². The van der Waals surface area contributed by atoms with Gasteiger partial charge in [-0.3, -0.25) is 4.99 Å². The molecule has 2 heterocycles. The van der Waals surface area contributed by atoms with Crippen molar-refractivity contribution < 1.29 is 0 Å². The van der Waals surface area contributed by atoms with Crippen molar-refractivity contribution in [1.29, 1.82) is 0 Å². The van der Waals surface area contributed by atoms with E-state index in [2.05, 4.69) is 70.4 Å². The van der Waals surface area contributed by atoms with Gasteiger partial charge < -0.3 is 15.5 Å². The number of thioether (sulfide) groups is 1. The minimum absolute atomic E-state index is 0.871. The number of aliphatic imine (C=N–C) groups is 2. The van der Waals surface area contributed by atoms with Gasteiger partial charge >= 0.3 is 0 Å². The highest BCUT2D eigenvalue weighted by atomic mass is 32.2. The van der Waals surface area contributed by atoms with Crippen LogP contribution in [0.15, 0.2) is 94.2 Å². The standard InChI is InChI=1S/C16H21N3S.C11H17N3/c1-6-15(12(2)20-13(3)17-4)9-7-14-8-10-16(18-5)19-11-14;1-4-10-5-6-12-11(9-10)13-7-8-14(2)3/h6-7,9-11,18H,1-2,8H2,3-5H3;4-6,9H,1,7-8H2,2-3H3,(H,12,13)/b14-7+,15-9+,17-13?;. The molecule has 1 aliphatic heterocycles. The van der Waals surface area contributed by atoms with Crippen LogP contribution in [0.1, 0.15) is 18.9 Å². The maximum Gasteiger partial charge on any atom is 0.126 e. The molecule has 0 radical (unpaired) electrons. The Kier molecular flexibility index (Phi) is 14.0. The van der Waals surface area contributed by atoms with Crippen LogP contribution >= 0.6 is 11.8 Å². The minimum atomic E-state index is 0.871. The van der Waals surface area contributed by atoms with Crippen molar-refractivity contribution in [3.8, 4) is 0 Å². The average Bonchev–Trinajstić information content (AvgIpc) is 2.85. The van der Waals surface area contributed by atoms with Crippen molar-refractivity contribution in [3.63, 3.8) is 0 Å². The predicted octanol–water partition coefficient (Wildman–Crippen LogP) is 5.55. The second-order valence-electron chi connectivity index (χ2n) is 7.55. The topological polar surface area (TPSA) is 64.9 Å². The van der Waals surface area contributed by atoms with Gasteiger partial charge in [0.15, 0.2) is 0 Å². The molecule has 0 saturated heterocycles. The van der Waals surface area contributed by atoms with E-state index in [1.165, 1.54) is 0 Å². The van der Waals surface area contributed by atoms with E-state index in [0.29, 0.717) is 0 Å². The van der Waals surface area contributed by atoms with E-state index in [0.717, 1.165) is 57.8 Å². The van der Waals surface area contributed by atoms with E-state index in [1.54, 1.807) is 25.0 Å². The second-order valence-corrected chi connectivity index (χ2v) is 8.83. The Balaban J connectivity index is 0.000000362. The largest absolute Gasteiger partial charge is 0.373 e. The van der Waals surface area contributed by atoms with Crippen LogP contribution in [0.3, 0.4) is 0 Å². The molecule has 182 valence electrons. The maximum atomic E-state index is 4.29. The number of hydrogen-bond donors (Lipinski definition) is 2. The van der Waals surface area contributed by atoms with Crippen molar-refractivity contribution >= 4 is 34.9 Å². The van der Waals surface area contributed by atoms with Gasteiger partial charge in [0, 0.05) is 44.5 Å². The first-order valence-corrected chi connectivity index (χ1v) is 11.9. The molecule has 0 saturated carbocycles. The van der Waals surface area contributed by atoms with E-state index in [9.17, 15) is 0 Å². The summed E-state index contributed by atoms with van der Waals surface area (Å²) in [6, 6.07) is 3.92. The lowest BCUT2D eigenvalue weighted by molar-refractivity contribution is 0.425. The zero-order chi connectivity index (χ0) is 25.3. The molecule has 0 amide bonds. The Bertz CT molecular complexity index is 983. The third kappa shape index (κ3) is 11.6. The summed E-state index contributed by atoms with van der Waals surface area (Å²) in [5.74, 6) is 1.81. The summed E-state index contributed by atoms with van der Waals surface area (Å²) < 4.78 is 0. The fraction of sp³-hybridized carbons (Fsp3) is 0.296. The van der Waals surface area contributed by atoms with Crippen LogP contribution in [0.2, 0.25) is 0 Å². The molecular formula is C27H38N6S. The predicted molar refractivity (Wildman–Crippen MR) is 154 cm³/mol. The first-order valence-electron chi connectivity index (χ1n) is 11.1. The van der Waals surface area contributed by atoms with Crippen LogP contribution in [-0.2, 0) is 0 Å². The van der Waals surface area contributed by atoms with Gasteiger partial charge in [-0.15, -0.1) is 0 Å². The number of aromatic nitrogens is 1. The summed E-state index contributed by atoms with van der Waals surface area (Å²) in [5.41, 5.74) is 3.25. The summed E-state index contributed by atoms with van der Waals surface area (Å²) in [5, 5.41) is 7.25. The monoisotopic (exact) mass is 478 g/mol. The van der Waals surface area contributed by atoms with Gasteiger partial charge in [-0.25, -0.2) is 9.98 Å². The van der Waals surface area contributed by atoms with Gasteiger partial charge in [0.1, 0.15) is 11.6 Å². The van der Waals surface area contributed by atoms with E-state index in [1.807, 2.05) is 56.6 Å². The molecule has 2 rings (SSSR count). The van der Waals surface area contributed by atoms with Crippen LogP contribution in [-0.4, -0.2) is 62.4 Å². The van der Waals surface area contributed by atoms with Crippen LogP contribution < -0.4 is 10.6 Å². The lowest BCUT2D eigenvalue weighted by Gasteiger charge is -2.10. The van der Waals surface area contributed by atoms with Crippen LogP contribution in [0.5, 0.6) is 0 Å². The number of pyridine rings is 1. The number of nitrogens with zero attached hydrogens (tertiary/aromatic N) is 4. The SMILES string of the molecule is C=C/C(=C\C=C1\C=NC(NC)=CC1)C(=C)SC(C)=NC.C=Cc1ccnc(NCCN(C)C)c1. The van der Waals surface area contributed by atoms with E-state index >= 15 is 0 Å². The molecule has 0 aromatic carbocycles. The van der Waals surface area contributed by atoms with Crippen molar-refractivity contribution in [1.82, 2.24) is 15.2 Å². The number of anilines is 1. The van der Waals surface area contributed by atoms with E-state index in [-0.39, 0.29) is 0 Å². The number of hydrogen-bond acceptors (Lipinski definition) is 7. The summed E-state index contributed by atoms with van der Waals surface area (Å²) in [6.45, 7) is 15.5. The van der Waals surface area contributed by atoms with E-state index in [4.69, 9.17) is 0 Å². The summed E-state index contributed by atoms with van der Waals surface area (Å²) in [6.07, 6.45) is 14.3. The van der Waals surface area contributed by atoms with Crippen molar-refractivity contribution in [2.24, 2.45) is 9.98 Å². The second kappa shape index (κ2) is 16.5. The summed E-state index contributed by atoms with van der Waals surface area (Å²) in [7, 11) is 7.75. The Hall–Kier alpha value is -3.16. The average molecular weight is 479 g/mol. The molecule has 34 heavy (non-hydrogen) atoms. The molecule has 2 N–H and O–H groups in total. The highest BCUT2D eigenvalue weighted by Gasteiger charge is 2.03. The molecule has 6 nitrogen and oxygen atoms in total. The number of allylic oxidation sites excluding steroid dienone is 6. The van der Waals surface area contributed by atoms with Gasteiger partial charge in [-0.2, -0.15) is 0 Å². The Morgan fingerprint density at radius 2 is 2.09 bits per heavy atom. The molecule has 1 aliphatic rings. The number of likely N-dealkylation sites (N-methyl/N-ethyl adjacent to an activating group) is 1. The molecule has 0 atom stereocenters. The van der Waals surface area contributed by atoms with Gasteiger partial charge in [0.05, 0.1) is 5.04 Å². The lowest BCUT2D eigenvalue weighted by Crippen LogP contribution is -2.21. The van der Waals surface area contributed by atoms with Crippen LogP contribution in [0.25, 0.3) is 6.08 Å². The molecule has 0 unspecified atom stereocenters. The quantitative estimate of drug-likeness (QED) is 0.262. The number of nitrogens with one attached hydrogen (secondary N) is 2. The van der Waals surface area contributed by atoms with Gasteiger partial charge in [0.25, 0.3) is 0 Å². The Labute approximate surface area is 209 Å². The maximum absolute atomic E-state index is 4.29. The number of rotatable bonds is 10. The van der Waals surface area contributed by atoms with Crippen molar-refractivity contribution in [2.75, 3.05) is 46.6 Å². The third-order valence-corrected chi connectivity index (χ3v) is 5.61. The molecule has 7 heteroatoms. The first kappa shape index (κ1) is 28.9. The highest BCUT2D eigenvalue weighted by molar-refractivity contribution is 8.17. The highest BCUT2D eigenvalue weighted by Crippen LogP contribution is 2.24. The van der Waals surface area contributed by atoms with Crippen LogP contribution in [0, 0.1) is 0 Å². The molecule has 1 aromatic heterocycles. The molecule has 0 fully saturated rings. The lowest BCUT2D eigenvalue weighted by atomic mass is 10.1. The Morgan fingerprint density at radius 3 is 2.65 bits per heavy atom.